The molecular weight excluding hydrogens is 200 g/mol. The number of anilines is 1. The summed E-state index contributed by atoms with van der Waals surface area (Å²) >= 11 is 0. The fourth-order valence-corrected chi connectivity index (χ4v) is 1.88. The van der Waals surface area contributed by atoms with E-state index in [1.165, 1.54) is 0 Å². The summed E-state index contributed by atoms with van der Waals surface area (Å²) in [5.74, 6) is 0.689. The van der Waals surface area contributed by atoms with Crippen LogP contribution in [0.4, 0.5) is 5.95 Å². The Hall–Kier alpha value is -1.63. The molecule has 1 saturated heterocycles. The van der Waals surface area contributed by atoms with Crippen molar-refractivity contribution in [2.75, 3.05) is 18.0 Å². The van der Waals surface area contributed by atoms with Crippen LogP contribution < -0.4 is 4.90 Å². The molecule has 4 nitrogen and oxygen atoms in total. The van der Waals surface area contributed by atoms with E-state index in [9.17, 15) is 0 Å². The Balaban J connectivity index is 2.11. The van der Waals surface area contributed by atoms with Gasteiger partial charge in [0.15, 0.2) is 0 Å². The molecule has 1 aliphatic rings. The summed E-state index contributed by atoms with van der Waals surface area (Å²) in [4.78, 5) is 10.6. The maximum absolute atomic E-state index is 8.78. The first-order chi connectivity index (χ1) is 7.61. The van der Waals surface area contributed by atoms with E-state index in [0.29, 0.717) is 17.1 Å². The Morgan fingerprint density at radius 3 is 2.69 bits per heavy atom. The Labute approximate surface area is 95.9 Å². The molecule has 0 aromatic carbocycles. The van der Waals surface area contributed by atoms with Crippen LogP contribution in [0.2, 0.25) is 0 Å². The van der Waals surface area contributed by atoms with E-state index in [-0.39, 0.29) is 0 Å². The molecule has 0 spiro atoms. The summed E-state index contributed by atoms with van der Waals surface area (Å²) in [6.07, 6.45) is 3.95. The van der Waals surface area contributed by atoms with Crippen molar-refractivity contribution in [3.05, 3.63) is 18.0 Å². The quantitative estimate of drug-likeness (QED) is 0.720. The summed E-state index contributed by atoms with van der Waals surface area (Å²) in [6, 6.07) is 3.68. The van der Waals surface area contributed by atoms with Gasteiger partial charge in [-0.3, -0.25) is 0 Å². The number of hydrogen-bond acceptors (Lipinski definition) is 4. The third-order valence-electron chi connectivity index (χ3n) is 3.16. The molecule has 1 aromatic heterocycles. The van der Waals surface area contributed by atoms with Crippen molar-refractivity contribution in [2.24, 2.45) is 5.41 Å². The van der Waals surface area contributed by atoms with Crippen LogP contribution in [0.3, 0.4) is 0 Å². The summed E-state index contributed by atoms with van der Waals surface area (Å²) in [6.45, 7) is 6.53. The topological polar surface area (TPSA) is 52.8 Å². The smallest absolute Gasteiger partial charge is 0.226 e. The largest absolute Gasteiger partial charge is 0.341 e. The third-order valence-corrected chi connectivity index (χ3v) is 3.16. The Morgan fingerprint density at radius 2 is 2.06 bits per heavy atom. The summed E-state index contributed by atoms with van der Waals surface area (Å²) in [5.41, 5.74) is 0.860. The first kappa shape index (κ1) is 10.9. The molecule has 16 heavy (non-hydrogen) atoms. The van der Waals surface area contributed by atoms with Gasteiger partial charge in [-0.15, -0.1) is 0 Å². The number of aromatic nitrogens is 2. The zero-order valence-corrected chi connectivity index (χ0v) is 9.77. The molecule has 0 unspecified atom stereocenters. The van der Waals surface area contributed by atoms with E-state index in [1.54, 1.807) is 12.3 Å². The van der Waals surface area contributed by atoms with Gasteiger partial charge in [0.05, 0.1) is 0 Å². The molecule has 84 valence electrons. The summed E-state index contributed by atoms with van der Waals surface area (Å²) in [7, 11) is 0. The molecule has 1 fully saturated rings. The minimum atomic E-state index is 0.420. The lowest BCUT2D eigenvalue weighted by Gasteiger charge is -2.36. The van der Waals surface area contributed by atoms with E-state index < -0.39 is 0 Å². The van der Waals surface area contributed by atoms with Gasteiger partial charge in [0, 0.05) is 19.3 Å². The van der Waals surface area contributed by atoms with Gasteiger partial charge in [0.1, 0.15) is 11.8 Å². The molecule has 0 atom stereocenters. The lowest BCUT2D eigenvalue weighted by Crippen LogP contribution is -2.38. The van der Waals surface area contributed by atoms with E-state index >= 15 is 0 Å². The van der Waals surface area contributed by atoms with Crippen LogP contribution in [0.15, 0.2) is 12.3 Å². The number of nitrogens with zero attached hydrogens (tertiary/aromatic N) is 4. The molecule has 0 bridgehead atoms. The zero-order valence-electron chi connectivity index (χ0n) is 9.77. The van der Waals surface area contributed by atoms with Crippen LogP contribution in [0.5, 0.6) is 0 Å². The van der Waals surface area contributed by atoms with E-state index in [4.69, 9.17) is 5.26 Å². The molecule has 0 saturated carbocycles. The average Bonchev–Trinajstić information content (AvgIpc) is 2.29. The number of hydrogen-bond donors (Lipinski definition) is 0. The highest BCUT2D eigenvalue weighted by atomic mass is 15.3. The minimum absolute atomic E-state index is 0.420. The molecule has 0 radical (unpaired) electrons. The van der Waals surface area contributed by atoms with Crippen molar-refractivity contribution in [2.45, 2.75) is 26.7 Å². The number of piperidine rings is 1. The van der Waals surface area contributed by atoms with Crippen molar-refractivity contribution in [1.82, 2.24) is 9.97 Å². The Morgan fingerprint density at radius 1 is 1.38 bits per heavy atom. The molecule has 1 aliphatic heterocycles. The monoisotopic (exact) mass is 216 g/mol. The maximum Gasteiger partial charge on any atom is 0.226 e. The highest BCUT2D eigenvalue weighted by molar-refractivity contribution is 5.34. The molecule has 4 heteroatoms. The highest BCUT2D eigenvalue weighted by Crippen LogP contribution is 2.30. The summed E-state index contributed by atoms with van der Waals surface area (Å²) < 4.78 is 0. The SMILES string of the molecule is CC1(C)CCN(c2nccc(C#N)n2)CC1. The first-order valence-corrected chi connectivity index (χ1v) is 5.59. The highest BCUT2D eigenvalue weighted by Gasteiger charge is 2.26. The zero-order chi connectivity index (χ0) is 11.6. The molecular formula is C12H16N4. The van der Waals surface area contributed by atoms with Crippen molar-refractivity contribution >= 4 is 5.95 Å². The van der Waals surface area contributed by atoms with Crippen LogP contribution >= 0.6 is 0 Å². The van der Waals surface area contributed by atoms with Gasteiger partial charge in [0.25, 0.3) is 0 Å². The molecule has 2 heterocycles. The normalized spacial score (nSPS) is 19.2. The Kier molecular flexibility index (Phi) is 2.78. The fraction of sp³-hybridized carbons (Fsp3) is 0.583. The van der Waals surface area contributed by atoms with Gasteiger partial charge in [-0.1, -0.05) is 13.8 Å². The second-order valence-electron chi connectivity index (χ2n) is 5.00. The minimum Gasteiger partial charge on any atom is -0.341 e. The van der Waals surface area contributed by atoms with Crippen molar-refractivity contribution in [1.29, 1.82) is 5.26 Å². The Bertz CT molecular complexity index is 409. The van der Waals surface area contributed by atoms with Gasteiger partial charge in [0.2, 0.25) is 5.95 Å². The predicted molar refractivity (Wildman–Crippen MR) is 62.0 cm³/mol. The van der Waals surface area contributed by atoms with E-state index in [0.717, 1.165) is 25.9 Å². The standard InChI is InChI=1S/C12H16N4/c1-12(2)4-7-16(8-5-12)11-14-6-3-10(9-13)15-11/h3,6H,4-5,7-8H2,1-2H3. The molecule has 0 N–H and O–H groups in total. The van der Waals surface area contributed by atoms with E-state index in [1.807, 2.05) is 6.07 Å². The fourth-order valence-electron chi connectivity index (χ4n) is 1.88. The van der Waals surface area contributed by atoms with Gasteiger partial charge >= 0.3 is 0 Å². The van der Waals surface area contributed by atoms with Crippen molar-refractivity contribution in [3.63, 3.8) is 0 Å². The molecule has 1 aromatic rings. The van der Waals surface area contributed by atoms with Gasteiger partial charge in [-0.05, 0) is 24.3 Å². The van der Waals surface area contributed by atoms with Crippen molar-refractivity contribution < 1.29 is 0 Å². The molecule has 2 rings (SSSR count). The summed E-state index contributed by atoms with van der Waals surface area (Å²) in [5, 5.41) is 8.78. The predicted octanol–water partition coefficient (Wildman–Crippen LogP) is 1.97. The van der Waals surface area contributed by atoms with Crippen LogP contribution in [0.1, 0.15) is 32.4 Å². The molecule has 0 aliphatic carbocycles. The van der Waals surface area contributed by atoms with Crippen LogP contribution in [-0.4, -0.2) is 23.1 Å². The average molecular weight is 216 g/mol. The van der Waals surface area contributed by atoms with Crippen LogP contribution in [-0.2, 0) is 0 Å². The van der Waals surface area contributed by atoms with Gasteiger partial charge in [-0.25, -0.2) is 9.97 Å². The van der Waals surface area contributed by atoms with Crippen molar-refractivity contribution in [3.8, 4) is 6.07 Å². The number of nitriles is 1. The lowest BCUT2D eigenvalue weighted by molar-refractivity contribution is 0.278. The van der Waals surface area contributed by atoms with Crippen LogP contribution in [0.25, 0.3) is 0 Å². The first-order valence-electron chi connectivity index (χ1n) is 5.59. The maximum atomic E-state index is 8.78. The van der Waals surface area contributed by atoms with E-state index in [2.05, 4.69) is 28.7 Å². The van der Waals surface area contributed by atoms with Crippen LogP contribution in [0, 0.1) is 16.7 Å². The lowest BCUT2D eigenvalue weighted by atomic mass is 9.83. The number of rotatable bonds is 1. The van der Waals surface area contributed by atoms with Gasteiger partial charge < -0.3 is 4.90 Å². The van der Waals surface area contributed by atoms with Gasteiger partial charge in [-0.2, -0.15) is 5.26 Å². The molecule has 0 amide bonds. The second kappa shape index (κ2) is 4.09. The second-order valence-corrected chi connectivity index (χ2v) is 5.00. The third kappa shape index (κ3) is 2.30.